The second-order valence-corrected chi connectivity index (χ2v) is 6.54. The molecule has 3 rings (SSSR count). The summed E-state index contributed by atoms with van der Waals surface area (Å²) in [5.41, 5.74) is 1.93. The molecule has 0 aliphatic carbocycles. The molecule has 3 N–H and O–H groups in total. The maximum atomic E-state index is 12.2. The van der Waals surface area contributed by atoms with Gasteiger partial charge in [-0.1, -0.05) is 23.7 Å². The van der Waals surface area contributed by atoms with Gasteiger partial charge in [0.25, 0.3) is 5.91 Å². The maximum Gasteiger partial charge on any atom is 0.291 e. The minimum Gasteiger partial charge on any atom is -0.497 e. The molecule has 1 heterocycles. The first-order valence-electron chi connectivity index (χ1n) is 8.83. The van der Waals surface area contributed by atoms with Gasteiger partial charge < -0.3 is 25.1 Å². The quantitative estimate of drug-likeness (QED) is 0.520. The van der Waals surface area contributed by atoms with E-state index in [-0.39, 0.29) is 18.2 Å². The van der Waals surface area contributed by atoms with Crippen LogP contribution in [0.5, 0.6) is 5.75 Å². The van der Waals surface area contributed by atoms with Crippen molar-refractivity contribution in [2.24, 2.45) is 0 Å². The number of furan rings is 1. The lowest BCUT2D eigenvalue weighted by Gasteiger charge is -2.13. The van der Waals surface area contributed by atoms with Gasteiger partial charge in [-0.3, -0.25) is 9.59 Å². The zero-order chi connectivity index (χ0) is 20.6. The second kappa shape index (κ2) is 9.66. The number of benzene rings is 2. The lowest BCUT2D eigenvalue weighted by Crippen LogP contribution is -2.29. The van der Waals surface area contributed by atoms with Crippen LogP contribution in [0.1, 0.15) is 16.1 Å². The molecule has 150 valence electrons. The molecule has 29 heavy (non-hydrogen) atoms. The number of ether oxygens (including phenoxy) is 1. The topological polar surface area (TPSA) is 92.6 Å². The van der Waals surface area contributed by atoms with Gasteiger partial charge in [0.15, 0.2) is 5.76 Å². The summed E-state index contributed by atoms with van der Waals surface area (Å²) in [5, 5.41) is 9.01. The van der Waals surface area contributed by atoms with Crippen LogP contribution in [-0.2, 0) is 11.3 Å². The minimum atomic E-state index is -0.414. The third-order valence-corrected chi connectivity index (χ3v) is 4.27. The van der Waals surface area contributed by atoms with E-state index in [9.17, 15) is 9.59 Å². The highest BCUT2D eigenvalue weighted by Crippen LogP contribution is 2.26. The highest BCUT2D eigenvalue weighted by molar-refractivity contribution is 6.31. The largest absolute Gasteiger partial charge is 0.497 e. The number of anilines is 2. The molecular weight excluding hydrogens is 394 g/mol. The number of hydrogen-bond acceptors (Lipinski definition) is 5. The van der Waals surface area contributed by atoms with Gasteiger partial charge in [-0.2, -0.15) is 0 Å². The van der Waals surface area contributed by atoms with Gasteiger partial charge in [-0.05, 0) is 48.0 Å². The van der Waals surface area contributed by atoms with Crippen LogP contribution in [0.4, 0.5) is 11.4 Å². The molecule has 0 aliphatic rings. The fraction of sp³-hybridized carbons (Fsp3) is 0.143. The average molecular weight is 414 g/mol. The van der Waals surface area contributed by atoms with Gasteiger partial charge in [-0.25, -0.2) is 0 Å². The summed E-state index contributed by atoms with van der Waals surface area (Å²) in [5.74, 6) is 0.286. The summed E-state index contributed by atoms with van der Waals surface area (Å²) >= 11 is 6.04. The Hall–Kier alpha value is -3.45. The van der Waals surface area contributed by atoms with Gasteiger partial charge >= 0.3 is 0 Å². The van der Waals surface area contributed by atoms with Crippen LogP contribution >= 0.6 is 11.6 Å². The van der Waals surface area contributed by atoms with Gasteiger partial charge in [0, 0.05) is 11.6 Å². The number of methoxy groups -OCH3 is 1. The van der Waals surface area contributed by atoms with E-state index in [0.29, 0.717) is 22.9 Å². The van der Waals surface area contributed by atoms with Crippen LogP contribution < -0.4 is 20.7 Å². The van der Waals surface area contributed by atoms with Crippen LogP contribution in [0.25, 0.3) is 0 Å². The molecule has 0 bridgehead atoms. The van der Waals surface area contributed by atoms with E-state index >= 15 is 0 Å². The Morgan fingerprint density at radius 2 is 1.93 bits per heavy atom. The van der Waals surface area contributed by atoms with E-state index in [4.69, 9.17) is 20.8 Å². The van der Waals surface area contributed by atoms with E-state index in [0.717, 1.165) is 11.3 Å². The van der Waals surface area contributed by atoms with Crippen molar-refractivity contribution in [2.75, 3.05) is 24.3 Å². The molecule has 8 heteroatoms. The molecule has 0 saturated heterocycles. The molecule has 0 aliphatic heterocycles. The Balaban J connectivity index is 1.58. The number of halogens is 1. The molecule has 7 nitrogen and oxygen atoms in total. The number of amides is 2. The molecule has 0 saturated carbocycles. The molecule has 0 unspecified atom stereocenters. The monoisotopic (exact) mass is 413 g/mol. The highest BCUT2D eigenvalue weighted by Gasteiger charge is 2.13. The molecule has 0 radical (unpaired) electrons. The molecule has 1 aromatic heterocycles. The van der Waals surface area contributed by atoms with Crippen LogP contribution in [0.3, 0.4) is 0 Å². The normalized spacial score (nSPS) is 10.3. The zero-order valence-corrected chi connectivity index (χ0v) is 16.5. The van der Waals surface area contributed by atoms with E-state index in [1.54, 1.807) is 37.4 Å². The highest BCUT2D eigenvalue weighted by atomic mass is 35.5. The summed E-state index contributed by atoms with van der Waals surface area (Å²) in [7, 11) is 1.59. The first-order valence-corrected chi connectivity index (χ1v) is 9.21. The SMILES string of the molecule is COc1cccc(CNC(=O)CNc2ccc(Cl)cc2NC(=O)c2ccco2)c1. The number of carbonyl (C=O) groups excluding carboxylic acids is 2. The number of hydrogen-bond donors (Lipinski definition) is 3. The second-order valence-electron chi connectivity index (χ2n) is 6.10. The lowest BCUT2D eigenvalue weighted by molar-refractivity contribution is -0.119. The summed E-state index contributed by atoms with van der Waals surface area (Å²) in [6.07, 6.45) is 1.42. The fourth-order valence-electron chi connectivity index (χ4n) is 2.59. The summed E-state index contributed by atoms with van der Waals surface area (Å²) < 4.78 is 10.3. The van der Waals surface area contributed by atoms with E-state index < -0.39 is 5.91 Å². The van der Waals surface area contributed by atoms with Crippen molar-refractivity contribution in [1.82, 2.24) is 5.32 Å². The minimum absolute atomic E-state index is 0.0230. The van der Waals surface area contributed by atoms with Gasteiger partial charge in [-0.15, -0.1) is 0 Å². The van der Waals surface area contributed by atoms with Crippen LogP contribution in [0.15, 0.2) is 65.3 Å². The standard InChI is InChI=1S/C21H20ClN3O4/c1-28-16-5-2-4-14(10-16)12-24-20(26)13-23-17-8-7-15(22)11-18(17)25-21(27)19-6-3-9-29-19/h2-11,23H,12-13H2,1H3,(H,24,26)(H,25,27). The first kappa shape index (κ1) is 20.3. The third kappa shape index (κ3) is 5.76. The van der Waals surface area contributed by atoms with Gasteiger partial charge in [0.1, 0.15) is 5.75 Å². The number of rotatable bonds is 8. The summed E-state index contributed by atoms with van der Waals surface area (Å²) in [6.45, 7) is 0.398. The molecule has 2 aromatic carbocycles. The Morgan fingerprint density at radius 1 is 1.07 bits per heavy atom. The van der Waals surface area contributed by atoms with Crippen molar-refractivity contribution in [3.8, 4) is 5.75 Å². The molecule has 2 amide bonds. The Morgan fingerprint density at radius 3 is 2.69 bits per heavy atom. The van der Waals surface area contributed by atoms with E-state index in [1.807, 2.05) is 24.3 Å². The molecule has 0 atom stereocenters. The van der Waals surface area contributed by atoms with Crippen molar-refractivity contribution in [3.63, 3.8) is 0 Å². The third-order valence-electron chi connectivity index (χ3n) is 4.04. The summed E-state index contributed by atoms with van der Waals surface area (Å²) in [4.78, 5) is 24.4. The first-order chi connectivity index (χ1) is 14.0. The van der Waals surface area contributed by atoms with Crippen molar-refractivity contribution in [3.05, 3.63) is 77.2 Å². The zero-order valence-electron chi connectivity index (χ0n) is 15.7. The number of carbonyl (C=O) groups is 2. The Bertz CT molecular complexity index is 989. The smallest absolute Gasteiger partial charge is 0.291 e. The average Bonchev–Trinajstić information content (AvgIpc) is 3.27. The van der Waals surface area contributed by atoms with E-state index in [1.165, 1.54) is 6.26 Å². The predicted molar refractivity (Wildman–Crippen MR) is 111 cm³/mol. The fourth-order valence-corrected chi connectivity index (χ4v) is 2.76. The molecule has 0 fully saturated rings. The lowest BCUT2D eigenvalue weighted by atomic mass is 10.2. The van der Waals surface area contributed by atoms with Crippen molar-refractivity contribution in [2.45, 2.75) is 6.54 Å². The maximum absolute atomic E-state index is 12.2. The van der Waals surface area contributed by atoms with Gasteiger partial charge in [0.2, 0.25) is 5.91 Å². The van der Waals surface area contributed by atoms with Crippen molar-refractivity contribution >= 4 is 34.8 Å². The Labute approximate surface area is 173 Å². The predicted octanol–water partition coefficient (Wildman–Crippen LogP) is 3.92. The molecule has 3 aromatic rings. The van der Waals surface area contributed by atoms with Crippen molar-refractivity contribution in [1.29, 1.82) is 0 Å². The van der Waals surface area contributed by atoms with Crippen molar-refractivity contribution < 1.29 is 18.7 Å². The Kier molecular flexibility index (Phi) is 6.76. The van der Waals surface area contributed by atoms with Crippen LogP contribution in [0, 0.1) is 0 Å². The number of nitrogens with one attached hydrogen (secondary N) is 3. The summed E-state index contributed by atoms with van der Waals surface area (Å²) in [6, 6.07) is 15.6. The van der Waals surface area contributed by atoms with Gasteiger partial charge in [0.05, 0.1) is 31.3 Å². The molecule has 0 spiro atoms. The molecular formula is C21H20ClN3O4. The van der Waals surface area contributed by atoms with Crippen LogP contribution in [0.2, 0.25) is 5.02 Å². The van der Waals surface area contributed by atoms with E-state index in [2.05, 4.69) is 16.0 Å². The van der Waals surface area contributed by atoms with Crippen LogP contribution in [-0.4, -0.2) is 25.5 Å².